The molecule has 5 rings (SSSR count). The fourth-order valence-electron chi connectivity index (χ4n) is 4.51. The van der Waals surface area contributed by atoms with E-state index in [1.165, 1.54) is 11.1 Å². The van der Waals surface area contributed by atoms with E-state index in [9.17, 15) is 9.59 Å². The molecular weight excluding hydrogens is 376 g/mol. The lowest BCUT2D eigenvalue weighted by Gasteiger charge is -2.35. The van der Waals surface area contributed by atoms with Crippen molar-refractivity contribution in [2.75, 3.05) is 6.54 Å². The number of piperidine rings is 1. The number of pyridine rings is 1. The lowest BCUT2D eigenvalue weighted by molar-refractivity contribution is 0.0608. The molecule has 3 heterocycles. The van der Waals surface area contributed by atoms with E-state index in [1.807, 2.05) is 53.4 Å². The predicted molar refractivity (Wildman–Crippen MR) is 118 cm³/mol. The Bertz CT molecular complexity index is 1290. The summed E-state index contributed by atoms with van der Waals surface area (Å²) in [6.45, 7) is 2.94. The van der Waals surface area contributed by atoms with Crippen LogP contribution in [-0.2, 0) is 0 Å². The molecule has 0 unspecified atom stereocenters. The van der Waals surface area contributed by atoms with Crippen molar-refractivity contribution in [2.24, 2.45) is 0 Å². The molecule has 1 amide bonds. The number of likely N-dealkylation sites (tertiary alicyclic amines) is 1. The molecule has 2 aromatic carbocycles. The molecule has 1 aliphatic rings. The van der Waals surface area contributed by atoms with Gasteiger partial charge in [-0.25, -0.2) is 4.68 Å². The molecule has 0 aliphatic carbocycles. The quantitative estimate of drug-likeness (QED) is 0.558. The molecule has 152 valence electrons. The minimum Gasteiger partial charge on any atom is -0.336 e. The van der Waals surface area contributed by atoms with Gasteiger partial charge in [0.1, 0.15) is 0 Å². The highest BCUT2D eigenvalue weighted by Crippen LogP contribution is 2.26. The van der Waals surface area contributed by atoms with Gasteiger partial charge in [0.05, 0.1) is 22.1 Å². The average molecular weight is 400 g/mol. The smallest absolute Gasteiger partial charge is 0.280 e. The number of nitrogens with zero attached hydrogens (tertiary/aromatic N) is 3. The summed E-state index contributed by atoms with van der Waals surface area (Å²) in [5, 5.41) is 4.53. The second-order valence-electron chi connectivity index (χ2n) is 7.92. The fraction of sp³-hybridized carbons (Fsp3) is 0.292. The maximum atomic E-state index is 13.3. The van der Waals surface area contributed by atoms with Gasteiger partial charge in [-0.3, -0.25) is 19.7 Å². The minimum absolute atomic E-state index is 0.0605. The van der Waals surface area contributed by atoms with Gasteiger partial charge in [-0.05, 0) is 56.0 Å². The lowest BCUT2D eigenvalue weighted by atomic mass is 9.98. The first-order valence-electron chi connectivity index (χ1n) is 10.6. The lowest BCUT2D eigenvalue weighted by Crippen LogP contribution is -2.43. The second kappa shape index (κ2) is 7.44. The third-order valence-corrected chi connectivity index (χ3v) is 6.15. The van der Waals surface area contributed by atoms with Crippen LogP contribution in [0.5, 0.6) is 0 Å². The summed E-state index contributed by atoms with van der Waals surface area (Å²) in [6.07, 6.45) is 5.87. The largest absolute Gasteiger partial charge is 0.336 e. The van der Waals surface area contributed by atoms with E-state index in [1.54, 1.807) is 6.20 Å². The van der Waals surface area contributed by atoms with Crippen LogP contribution in [0.25, 0.3) is 27.5 Å². The molecule has 1 atom stereocenters. The summed E-state index contributed by atoms with van der Waals surface area (Å²) in [4.78, 5) is 32.7. The van der Waals surface area contributed by atoms with Crippen LogP contribution in [-0.4, -0.2) is 38.2 Å². The summed E-state index contributed by atoms with van der Waals surface area (Å²) in [7, 11) is 0. The highest BCUT2D eigenvalue weighted by atomic mass is 16.2. The van der Waals surface area contributed by atoms with Crippen molar-refractivity contribution in [2.45, 2.75) is 38.6 Å². The molecule has 0 bridgehead atoms. The number of benzene rings is 2. The summed E-state index contributed by atoms with van der Waals surface area (Å²) >= 11 is 0. The van der Waals surface area contributed by atoms with Crippen LogP contribution in [0.4, 0.5) is 0 Å². The van der Waals surface area contributed by atoms with Gasteiger partial charge in [0, 0.05) is 29.7 Å². The fourth-order valence-corrected chi connectivity index (χ4v) is 4.51. The molecule has 1 saturated heterocycles. The van der Waals surface area contributed by atoms with Crippen molar-refractivity contribution in [3.8, 4) is 5.69 Å². The number of nitrogens with one attached hydrogen (secondary N) is 1. The number of aromatic nitrogens is 3. The van der Waals surface area contributed by atoms with Gasteiger partial charge < -0.3 is 4.90 Å². The molecule has 0 radical (unpaired) electrons. The van der Waals surface area contributed by atoms with Crippen molar-refractivity contribution in [1.82, 2.24) is 19.7 Å². The summed E-state index contributed by atoms with van der Waals surface area (Å²) in [5.74, 6) is 0.0605. The number of H-pyrrole nitrogens is 1. The molecule has 1 fully saturated rings. The monoisotopic (exact) mass is 400 g/mol. The average Bonchev–Trinajstić information content (AvgIpc) is 3.15. The van der Waals surface area contributed by atoms with Crippen molar-refractivity contribution in [3.63, 3.8) is 0 Å². The van der Waals surface area contributed by atoms with E-state index < -0.39 is 0 Å². The number of fused-ring (bicyclic) bond motifs is 3. The third kappa shape index (κ3) is 3.00. The van der Waals surface area contributed by atoms with Crippen LogP contribution >= 0.6 is 0 Å². The standard InChI is InChI=1S/C24H24N4O2/c1-2-17-8-6-7-13-27(17)23(29)16-11-12-21-19(14-16)22-20(15-25-21)24(30)28(26-22)18-9-4-3-5-10-18/h3-5,9-12,14-15,17,26H,2,6-8,13H2,1H3/t17-/m1/s1. The Labute approximate surface area is 174 Å². The van der Waals surface area contributed by atoms with Gasteiger partial charge in [0.2, 0.25) is 0 Å². The molecule has 0 saturated carbocycles. The summed E-state index contributed by atoms with van der Waals surface area (Å²) in [5.41, 5.74) is 2.72. The van der Waals surface area contributed by atoms with Crippen LogP contribution < -0.4 is 5.56 Å². The number of amides is 1. The van der Waals surface area contributed by atoms with Crippen molar-refractivity contribution in [3.05, 3.63) is 70.6 Å². The van der Waals surface area contributed by atoms with E-state index in [0.29, 0.717) is 22.5 Å². The van der Waals surface area contributed by atoms with E-state index in [0.717, 1.165) is 42.4 Å². The normalized spacial score (nSPS) is 17.0. The molecule has 4 aromatic rings. The number of rotatable bonds is 3. The van der Waals surface area contributed by atoms with Crippen molar-refractivity contribution in [1.29, 1.82) is 0 Å². The van der Waals surface area contributed by atoms with Crippen LogP contribution in [0, 0.1) is 0 Å². The van der Waals surface area contributed by atoms with Gasteiger partial charge in [0.25, 0.3) is 11.5 Å². The Morgan fingerprint density at radius 2 is 1.97 bits per heavy atom. The maximum absolute atomic E-state index is 13.3. The van der Waals surface area contributed by atoms with Gasteiger partial charge >= 0.3 is 0 Å². The van der Waals surface area contributed by atoms with Crippen LogP contribution in [0.1, 0.15) is 43.0 Å². The molecule has 1 N–H and O–H groups in total. The number of carbonyl (C=O) groups is 1. The molecule has 6 nitrogen and oxygen atoms in total. The molecule has 2 aromatic heterocycles. The zero-order valence-corrected chi connectivity index (χ0v) is 17.0. The number of aromatic amines is 1. The van der Waals surface area contributed by atoms with Gasteiger partial charge in [-0.2, -0.15) is 0 Å². The molecule has 30 heavy (non-hydrogen) atoms. The van der Waals surface area contributed by atoms with E-state index in [4.69, 9.17) is 0 Å². The molecule has 6 heteroatoms. The number of carbonyl (C=O) groups excluding carboxylic acids is 1. The number of hydrogen-bond donors (Lipinski definition) is 1. The van der Waals surface area contributed by atoms with E-state index in [-0.39, 0.29) is 11.5 Å². The van der Waals surface area contributed by atoms with Crippen molar-refractivity contribution < 1.29 is 4.79 Å². The van der Waals surface area contributed by atoms with E-state index in [2.05, 4.69) is 17.0 Å². The molecular formula is C24H24N4O2. The minimum atomic E-state index is -0.149. The Morgan fingerprint density at radius 3 is 2.77 bits per heavy atom. The zero-order chi connectivity index (χ0) is 20.7. The first-order valence-corrected chi connectivity index (χ1v) is 10.6. The SMILES string of the molecule is CC[C@@H]1CCCCN1C(=O)c1ccc2ncc3c(=O)n(-c4ccccc4)[nH]c3c2c1. The number of para-hydroxylation sites is 1. The topological polar surface area (TPSA) is 71.0 Å². The third-order valence-electron chi connectivity index (χ3n) is 6.15. The second-order valence-corrected chi connectivity index (χ2v) is 7.92. The van der Waals surface area contributed by atoms with E-state index >= 15 is 0 Å². The van der Waals surface area contributed by atoms with Crippen LogP contribution in [0.2, 0.25) is 0 Å². The van der Waals surface area contributed by atoms with Gasteiger partial charge in [0.15, 0.2) is 0 Å². The first kappa shape index (κ1) is 18.6. The number of hydrogen-bond acceptors (Lipinski definition) is 3. The first-order chi connectivity index (χ1) is 14.7. The molecule has 1 aliphatic heterocycles. The summed E-state index contributed by atoms with van der Waals surface area (Å²) < 4.78 is 1.53. The highest BCUT2D eigenvalue weighted by molar-refractivity contribution is 6.06. The Balaban J connectivity index is 1.64. The van der Waals surface area contributed by atoms with Gasteiger partial charge in [-0.1, -0.05) is 25.1 Å². The highest BCUT2D eigenvalue weighted by Gasteiger charge is 2.26. The Morgan fingerprint density at radius 1 is 1.13 bits per heavy atom. The van der Waals surface area contributed by atoms with Gasteiger partial charge in [-0.15, -0.1) is 0 Å². The van der Waals surface area contributed by atoms with Crippen LogP contribution in [0.15, 0.2) is 59.5 Å². The zero-order valence-electron chi connectivity index (χ0n) is 17.0. The van der Waals surface area contributed by atoms with Crippen molar-refractivity contribution >= 4 is 27.7 Å². The molecule has 0 spiro atoms. The Hall–Kier alpha value is -3.41. The Kier molecular flexibility index (Phi) is 4.62. The summed E-state index contributed by atoms with van der Waals surface area (Å²) in [6, 6.07) is 15.3. The van der Waals surface area contributed by atoms with Crippen LogP contribution in [0.3, 0.4) is 0 Å². The predicted octanol–water partition coefficient (Wildman–Crippen LogP) is 4.27. The maximum Gasteiger partial charge on any atom is 0.280 e.